The number of hydrogen-bond donors (Lipinski definition) is 0. The number of hydrogen-bond acceptors (Lipinski definition) is 20. The lowest BCUT2D eigenvalue weighted by Gasteiger charge is -2.47. The highest BCUT2D eigenvalue weighted by Gasteiger charge is 2.58. The Labute approximate surface area is 587 Å². The first-order valence-electron chi connectivity index (χ1n) is 33.2. The maximum atomic E-state index is 12.0. The van der Waals surface area contributed by atoms with E-state index in [2.05, 4.69) is 184 Å². The third-order valence-electron chi connectivity index (χ3n) is 12.2. The van der Waals surface area contributed by atoms with E-state index >= 15 is 0 Å². The molecular formula is C64H132O20Si11. The van der Waals surface area contributed by atoms with Gasteiger partial charge < -0.3 is 61.3 Å². The minimum absolute atomic E-state index is 0.198. The fourth-order valence-electron chi connectivity index (χ4n) is 9.14. The monoisotopic (exact) mass is 1530 g/mol. The first-order chi connectivity index (χ1) is 42.6. The second-order valence-electron chi connectivity index (χ2n) is 31.2. The average molecular weight is 1530 g/mol. The van der Waals surface area contributed by atoms with Crippen LogP contribution in [-0.4, -0.2) is 168 Å². The molecule has 0 aromatic carbocycles. The van der Waals surface area contributed by atoms with Gasteiger partial charge in [0, 0.05) is 45.5 Å². The van der Waals surface area contributed by atoms with Crippen molar-refractivity contribution in [3.8, 4) is 0 Å². The Kier molecular flexibility index (Phi) is 43.9. The van der Waals surface area contributed by atoms with E-state index in [0.29, 0.717) is 84.8 Å². The zero-order valence-corrected chi connectivity index (χ0v) is 75.6. The van der Waals surface area contributed by atoms with Crippen LogP contribution in [0.15, 0.2) is 72.9 Å². The molecule has 0 bridgehead atoms. The molecule has 0 fully saturated rings. The highest BCUT2D eigenvalue weighted by molar-refractivity contribution is 6.93. The molecule has 20 nitrogen and oxygen atoms in total. The normalized spacial score (nSPS) is 12.8. The van der Waals surface area contributed by atoms with Crippen LogP contribution >= 0.6 is 0 Å². The third-order valence-corrected chi connectivity index (χ3v) is 50.4. The molecule has 31 heteroatoms. The van der Waals surface area contributed by atoms with E-state index < -0.39 is 105 Å². The molecule has 0 rings (SSSR count). The summed E-state index contributed by atoms with van der Waals surface area (Å²) >= 11 is 0. The van der Waals surface area contributed by atoms with Crippen LogP contribution in [0.4, 0.5) is 0 Å². The summed E-state index contributed by atoms with van der Waals surface area (Å²) in [7, 11) is -25.5. The Hall–Kier alpha value is -2.67. The van der Waals surface area contributed by atoms with Crippen molar-refractivity contribution in [2.75, 3.05) is 39.6 Å². The van der Waals surface area contributed by atoms with Gasteiger partial charge in [0.1, 0.15) is 0 Å². The van der Waals surface area contributed by atoms with Gasteiger partial charge in [0.25, 0.3) is 0 Å². The molecule has 0 saturated carbocycles. The molecule has 0 aliphatic rings. The van der Waals surface area contributed by atoms with Crippen molar-refractivity contribution in [1.82, 2.24) is 0 Å². The quantitative estimate of drug-likeness (QED) is 0.0181. The Morgan fingerprint density at radius 1 is 0.232 bits per heavy atom. The lowest BCUT2D eigenvalue weighted by Crippen LogP contribution is -2.67. The standard InChI is InChI=1S/C26H58O9Si6.C20H40O6Si3.C18H34O5Si2/c1-23(2)25(27)29-19-17-21-40(31-36(5,6)7,32-37(8,9)10)35-41(33-38(11,12)13,34-39(14,15)16)22-18-20-30-26(28)24(3)4;1-17(2)19(21)23-13-11-15-27(5,6)25-29(9,10)26-28(7,8)16-12-14-24-20(22)18(3)4;1-15(2)17(19)21-11-9-13-24(5,6)23-25(7,8)14-10-12-22-18(20)16(3)4/h1,3,17-22H2,2,4-16H3;1,3,11-16H2,2,4-10H3;1,3,9-14H2,2,4-8H3. The molecule has 0 aliphatic carbocycles. The van der Waals surface area contributed by atoms with Gasteiger partial charge in [-0.1, -0.05) is 39.5 Å². The summed E-state index contributed by atoms with van der Waals surface area (Å²) in [5, 5.41) is 0. The van der Waals surface area contributed by atoms with Crippen molar-refractivity contribution in [3.05, 3.63) is 72.9 Å². The molecule has 0 N–H and O–H groups in total. The van der Waals surface area contributed by atoms with Gasteiger partial charge >= 0.3 is 62.0 Å². The maximum absolute atomic E-state index is 12.0. The molecule has 552 valence electrons. The predicted octanol–water partition coefficient (Wildman–Crippen LogP) is 16.9. The van der Waals surface area contributed by atoms with Crippen molar-refractivity contribution in [2.45, 2.75) is 260 Å². The second-order valence-corrected chi connectivity index (χ2v) is 77.2. The fraction of sp³-hybridized carbons (Fsp3) is 0.719. The molecule has 0 aromatic heterocycles. The molecular weight excluding hydrogens is 1400 g/mol. The summed E-state index contributed by atoms with van der Waals surface area (Å²) < 4.78 is 86.0. The lowest BCUT2D eigenvalue weighted by molar-refractivity contribution is -0.139. The highest BCUT2D eigenvalue weighted by atomic mass is 28.5. The fourth-order valence-corrected chi connectivity index (χ4v) is 55.6. The van der Waals surface area contributed by atoms with E-state index in [1.165, 1.54) is 0 Å². The SMILES string of the molecule is C=C(C)C(=O)OCCC[Si](C)(C)O[Si](C)(C)CCCOC(=O)C(=C)C.C=C(C)C(=O)OCCC[Si](C)(C)O[Si](C)(C)O[Si](C)(C)CCCOC(=O)C(=C)C.C=C(C)C(=O)OCCC[Si](O[Si](C)(C)C)(O[Si](C)(C)C)O[Si](CCCOC(=O)C(=C)C)(O[Si](C)(C)C)O[Si](C)(C)C. The van der Waals surface area contributed by atoms with Gasteiger partial charge in [-0.25, -0.2) is 28.8 Å². The number of esters is 6. The number of ether oxygens (including phenoxy) is 6. The molecule has 0 atom stereocenters. The maximum Gasteiger partial charge on any atom is 0.472 e. The van der Waals surface area contributed by atoms with Gasteiger partial charge in [-0.2, -0.15) is 0 Å². The van der Waals surface area contributed by atoms with E-state index in [4.69, 9.17) is 61.3 Å². The highest BCUT2D eigenvalue weighted by Crippen LogP contribution is 2.36. The first kappa shape index (κ1) is 96.5. The van der Waals surface area contributed by atoms with Gasteiger partial charge in [0.15, 0.2) is 66.5 Å². The summed E-state index contributed by atoms with van der Waals surface area (Å²) in [6, 6.07) is 4.59. The van der Waals surface area contributed by atoms with Gasteiger partial charge in [0.05, 0.1) is 39.6 Å². The van der Waals surface area contributed by atoms with Gasteiger partial charge in [-0.05, 0) is 248 Å². The summed E-state index contributed by atoms with van der Waals surface area (Å²) in [5.74, 6) is -2.20. The van der Waals surface area contributed by atoms with Crippen LogP contribution in [0.3, 0.4) is 0 Å². The van der Waals surface area contributed by atoms with Crippen molar-refractivity contribution in [3.63, 3.8) is 0 Å². The summed E-state index contributed by atoms with van der Waals surface area (Å²) in [6.45, 7) is 80.5. The number of rotatable bonds is 46. The van der Waals surface area contributed by atoms with Crippen LogP contribution in [-0.2, 0) is 90.1 Å². The molecule has 0 spiro atoms. The molecule has 0 aliphatic heterocycles. The molecule has 0 aromatic rings. The van der Waals surface area contributed by atoms with E-state index in [1.807, 2.05) is 0 Å². The van der Waals surface area contributed by atoms with Gasteiger partial charge in [-0.15, -0.1) is 0 Å². The zero-order chi connectivity index (χ0) is 75.1. The van der Waals surface area contributed by atoms with E-state index in [9.17, 15) is 28.8 Å². The summed E-state index contributed by atoms with van der Waals surface area (Å²) in [5.41, 5.74) is 2.39. The Morgan fingerprint density at radius 3 is 0.547 bits per heavy atom. The molecule has 0 heterocycles. The van der Waals surface area contributed by atoms with Crippen LogP contribution in [0.5, 0.6) is 0 Å². The Bertz CT molecular complexity index is 2330. The van der Waals surface area contributed by atoms with E-state index in [1.54, 1.807) is 41.5 Å². The second kappa shape index (κ2) is 43.2. The summed E-state index contributed by atoms with van der Waals surface area (Å²) in [4.78, 5) is 69.7. The van der Waals surface area contributed by atoms with Crippen molar-refractivity contribution in [2.24, 2.45) is 0 Å². The smallest absolute Gasteiger partial charge is 0.462 e. The van der Waals surface area contributed by atoms with E-state index in [0.717, 1.165) is 49.9 Å². The molecule has 0 radical (unpaired) electrons. The average Bonchev–Trinajstić information content (AvgIpc) is 0.778. The van der Waals surface area contributed by atoms with Crippen LogP contribution in [0.1, 0.15) is 80.1 Å². The Balaban J connectivity index is -0.00000139. The number of carbonyl (C=O) groups is 6. The van der Waals surface area contributed by atoms with Crippen molar-refractivity contribution in [1.29, 1.82) is 0 Å². The third kappa shape index (κ3) is 52.9. The molecule has 0 unspecified atom stereocenters. The minimum Gasteiger partial charge on any atom is -0.462 e. The van der Waals surface area contributed by atoms with E-state index in [-0.39, 0.29) is 37.1 Å². The lowest BCUT2D eigenvalue weighted by atomic mass is 10.4. The van der Waals surface area contributed by atoms with Crippen molar-refractivity contribution < 1.29 is 90.1 Å². The first-order valence-corrected chi connectivity index (χ1v) is 66.0. The molecule has 0 amide bonds. The van der Waals surface area contributed by atoms with Crippen LogP contribution in [0.25, 0.3) is 0 Å². The minimum atomic E-state index is -3.46. The zero-order valence-electron chi connectivity index (χ0n) is 64.6. The Morgan fingerprint density at radius 2 is 0.389 bits per heavy atom. The summed E-state index contributed by atoms with van der Waals surface area (Å²) in [6.07, 6.45) is 4.16. The van der Waals surface area contributed by atoms with Crippen molar-refractivity contribution >= 4 is 129 Å². The van der Waals surface area contributed by atoms with Gasteiger partial charge in [-0.3, -0.25) is 0 Å². The predicted molar refractivity (Wildman–Crippen MR) is 412 cm³/mol. The molecule has 95 heavy (non-hydrogen) atoms. The molecule has 0 saturated heterocycles. The topological polar surface area (TPSA) is 232 Å². The van der Waals surface area contributed by atoms with Crippen LogP contribution in [0, 0.1) is 0 Å². The van der Waals surface area contributed by atoms with Crippen LogP contribution < -0.4 is 0 Å². The largest absolute Gasteiger partial charge is 0.472 e. The van der Waals surface area contributed by atoms with Gasteiger partial charge in [0.2, 0.25) is 0 Å². The van der Waals surface area contributed by atoms with Crippen LogP contribution in [0.2, 0.25) is 180 Å². The number of carbonyl (C=O) groups excluding carboxylic acids is 6.